The highest BCUT2D eigenvalue weighted by atomic mass is 32.2. The van der Waals surface area contributed by atoms with Crippen LogP contribution in [0.4, 0.5) is 13.2 Å². The fourth-order valence-electron chi connectivity index (χ4n) is 2.06. The van der Waals surface area contributed by atoms with E-state index in [9.17, 15) is 17.4 Å². The highest BCUT2D eigenvalue weighted by Crippen LogP contribution is 2.30. The van der Waals surface area contributed by atoms with Crippen molar-refractivity contribution in [2.24, 2.45) is 11.8 Å². The van der Waals surface area contributed by atoms with Crippen molar-refractivity contribution in [2.75, 3.05) is 25.2 Å². The highest BCUT2D eigenvalue weighted by molar-refractivity contribution is 7.84. The first-order valence-corrected chi connectivity index (χ1v) is 9.72. The van der Waals surface area contributed by atoms with Gasteiger partial charge in [-0.3, -0.25) is 4.21 Å². The van der Waals surface area contributed by atoms with Crippen LogP contribution in [0, 0.1) is 5.92 Å². The van der Waals surface area contributed by atoms with Crippen LogP contribution < -0.4 is 10.6 Å². The molecule has 1 aromatic rings. The Morgan fingerprint density at radius 2 is 1.96 bits per heavy atom. The molecule has 1 aromatic carbocycles. The van der Waals surface area contributed by atoms with E-state index in [0.717, 1.165) is 18.6 Å². The zero-order valence-electron chi connectivity index (χ0n) is 15.2. The van der Waals surface area contributed by atoms with Crippen molar-refractivity contribution in [1.82, 2.24) is 5.01 Å². The molecule has 2 atom stereocenters. The largest absolute Gasteiger partial charge is 0.493 e. The molecular weight excluding hydrogens is 365 g/mol. The molecule has 0 radical (unpaired) electrons. The first-order chi connectivity index (χ1) is 12.0. The number of hydrazine groups is 1. The van der Waals surface area contributed by atoms with Crippen molar-refractivity contribution in [3.63, 3.8) is 0 Å². The average molecular weight is 390 g/mol. The van der Waals surface area contributed by atoms with Crippen LogP contribution in [0.2, 0.25) is 0 Å². The van der Waals surface area contributed by atoms with Gasteiger partial charge in [0, 0.05) is 17.1 Å². The van der Waals surface area contributed by atoms with Gasteiger partial charge in [-0.15, -0.1) is 0 Å². The Morgan fingerprint density at radius 3 is 2.42 bits per heavy atom. The lowest BCUT2D eigenvalue weighted by Crippen LogP contribution is -2.32. The van der Waals surface area contributed by atoms with Crippen LogP contribution >= 0.6 is 0 Å². The molecule has 0 fully saturated rings. The summed E-state index contributed by atoms with van der Waals surface area (Å²) in [6.07, 6.45) is -1.67. The van der Waals surface area contributed by atoms with E-state index in [1.54, 1.807) is 37.4 Å². The topological polar surface area (TPSA) is 55.6 Å². The van der Waals surface area contributed by atoms with Crippen molar-refractivity contribution in [3.8, 4) is 5.75 Å². The number of alkyl halides is 3. The Labute approximate surface area is 154 Å². The van der Waals surface area contributed by atoms with Gasteiger partial charge in [0.1, 0.15) is 5.75 Å². The first kappa shape index (κ1) is 22.2. The van der Waals surface area contributed by atoms with Gasteiger partial charge in [0.2, 0.25) is 0 Å². The Kier molecular flexibility index (Phi) is 8.36. The number of nitrogens with two attached hydrogens (primary N) is 1. The van der Waals surface area contributed by atoms with E-state index in [1.165, 1.54) is 5.01 Å². The van der Waals surface area contributed by atoms with Crippen molar-refractivity contribution in [1.29, 1.82) is 0 Å². The number of hydrogen-bond donors (Lipinski definition) is 1. The van der Waals surface area contributed by atoms with Gasteiger partial charge in [-0.25, -0.2) is 5.84 Å². The van der Waals surface area contributed by atoms with Gasteiger partial charge < -0.3 is 9.75 Å². The van der Waals surface area contributed by atoms with Crippen molar-refractivity contribution in [2.45, 2.75) is 20.0 Å². The summed E-state index contributed by atoms with van der Waals surface area (Å²) in [5.74, 6) is 5.27. The van der Waals surface area contributed by atoms with Crippen molar-refractivity contribution >= 4 is 16.5 Å². The smallest absolute Gasteiger partial charge is 0.394 e. The first-order valence-electron chi connectivity index (χ1n) is 7.99. The maximum Gasteiger partial charge on any atom is 0.394 e. The number of halogens is 3. The second-order valence-electron chi connectivity index (χ2n) is 6.12. The molecule has 26 heavy (non-hydrogen) atoms. The molecule has 0 amide bonds. The van der Waals surface area contributed by atoms with Gasteiger partial charge in [-0.2, -0.15) is 13.2 Å². The van der Waals surface area contributed by atoms with E-state index in [1.807, 2.05) is 0 Å². The molecule has 2 N–H and O–H groups in total. The van der Waals surface area contributed by atoms with Crippen LogP contribution in [0.5, 0.6) is 5.75 Å². The van der Waals surface area contributed by atoms with Crippen LogP contribution in [0.15, 0.2) is 42.5 Å². The lowest BCUT2D eigenvalue weighted by atomic mass is 10.0. The summed E-state index contributed by atoms with van der Waals surface area (Å²) in [7, 11) is -0.950. The van der Waals surface area contributed by atoms with Gasteiger partial charge in [0.05, 0.1) is 30.5 Å². The predicted octanol–water partition coefficient (Wildman–Crippen LogP) is 3.74. The van der Waals surface area contributed by atoms with Gasteiger partial charge >= 0.3 is 6.18 Å². The molecule has 4 nitrogen and oxygen atoms in total. The van der Waals surface area contributed by atoms with Crippen LogP contribution in [0.1, 0.15) is 19.4 Å². The molecule has 0 spiro atoms. The quantitative estimate of drug-likeness (QED) is 0.397. The molecule has 146 valence electrons. The van der Waals surface area contributed by atoms with E-state index >= 15 is 0 Å². The van der Waals surface area contributed by atoms with E-state index in [-0.39, 0.29) is 12.2 Å². The maximum absolute atomic E-state index is 13.0. The Balaban J connectivity index is 3.04. The predicted molar refractivity (Wildman–Crippen MR) is 99.8 cm³/mol. The third-order valence-corrected chi connectivity index (χ3v) is 4.21. The van der Waals surface area contributed by atoms with Crippen LogP contribution in [0.3, 0.4) is 0 Å². The summed E-state index contributed by atoms with van der Waals surface area (Å²) >= 11 is 0. The van der Waals surface area contributed by atoms with E-state index in [0.29, 0.717) is 23.7 Å². The molecule has 0 aliphatic carbocycles. The fraction of sp³-hybridized carbons (Fsp3) is 0.444. The molecule has 1 rings (SSSR count). The second-order valence-corrected chi connectivity index (χ2v) is 7.67. The number of ether oxygens (including phenoxy) is 1. The summed E-state index contributed by atoms with van der Waals surface area (Å²) in [6.45, 7) is 7.11. The minimum atomic E-state index is -4.35. The standard InChI is InChI=1S/C18H25F3N2O2S/c1-13(2)12-23(22)17(11-14(3)18(19,20)21)15-5-7-16(8-6-15)25-9-10-26(4)24/h5-8,11,14H,1,9-10,12,22H2,2-4H3/b17-11-. The number of nitrogens with zero attached hydrogens (tertiary/aromatic N) is 1. The number of rotatable bonds is 9. The molecule has 0 saturated heterocycles. The molecule has 0 aliphatic rings. The molecule has 0 aromatic heterocycles. The Morgan fingerprint density at radius 1 is 1.38 bits per heavy atom. The molecule has 8 heteroatoms. The minimum absolute atomic E-state index is 0.233. The summed E-state index contributed by atoms with van der Waals surface area (Å²) in [6, 6.07) is 6.58. The number of benzene rings is 1. The third-order valence-electron chi connectivity index (χ3n) is 3.46. The van der Waals surface area contributed by atoms with Crippen LogP contribution in [-0.2, 0) is 10.8 Å². The molecule has 0 aliphatic heterocycles. The molecule has 0 bridgehead atoms. The van der Waals surface area contributed by atoms with E-state index in [2.05, 4.69) is 6.58 Å². The van der Waals surface area contributed by atoms with E-state index in [4.69, 9.17) is 10.6 Å². The SMILES string of the molecule is C=C(C)CN(N)/C(=C\C(C)C(F)(F)F)c1ccc(OCCS(C)=O)cc1. The monoisotopic (exact) mass is 390 g/mol. The molecule has 2 unspecified atom stereocenters. The third kappa shape index (κ3) is 7.61. The second kappa shape index (κ2) is 9.78. The highest BCUT2D eigenvalue weighted by Gasteiger charge is 2.35. The maximum atomic E-state index is 13.0. The Bertz CT molecular complexity index is 657. The summed E-state index contributed by atoms with van der Waals surface area (Å²) < 4.78 is 55.4. The lowest BCUT2D eigenvalue weighted by molar-refractivity contribution is -0.156. The molecular formula is C18H25F3N2O2S. The van der Waals surface area contributed by atoms with E-state index < -0.39 is 22.9 Å². The lowest BCUT2D eigenvalue weighted by Gasteiger charge is -2.24. The molecule has 0 saturated carbocycles. The normalized spacial score (nSPS) is 14.7. The fourth-order valence-corrected chi connectivity index (χ4v) is 2.38. The van der Waals surface area contributed by atoms with Crippen LogP contribution in [-0.4, -0.2) is 40.6 Å². The van der Waals surface area contributed by atoms with Gasteiger partial charge in [0.15, 0.2) is 0 Å². The zero-order chi connectivity index (χ0) is 19.9. The zero-order valence-corrected chi connectivity index (χ0v) is 16.0. The summed E-state index contributed by atoms with van der Waals surface area (Å²) in [5, 5.41) is 1.25. The summed E-state index contributed by atoms with van der Waals surface area (Å²) in [5.41, 5.74) is 1.53. The Hall–Kier alpha value is -1.80. The van der Waals surface area contributed by atoms with Crippen molar-refractivity contribution < 1.29 is 22.1 Å². The average Bonchev–Trinajstić information content (AvgIpc) is 2.51. The minimum Gasteiger partial charge on any atom is -0.493 e. The summed E-state index contributed by atoms with van der Waals surface area (Å²) in [4.78, 5) is 0. The number of allylic oxidation sites excluding steroid dienone is 1. The van der Waals surface area contributed by atoms with Crippen LogP contribution in [0.25, 0.3) is 5.70 Å². The number of hydrogen-bond acceptors (Lipinski definition) is 4. The van der Waals surface area contributed by atoms with Gasteiger partial charge in [0.25, 0.3) is 0 Å². The molecule has 0 heterocycles. The van der Waals surface area contributed by atoms with Gasteiger partial charge in [-0.1, -0.05) is 19.1 Å². The van der Waals surface area contributed by atoms with Gasteiger partial charge in [-0.05, 0) is 42.8 Å². The van der Waals surface area contributed by atoms with Crippen molar-refractivity contribution in [3.05, 3.63) is 48.1 Å².